The molecule has 0 saturated heterocycles. The standard InChI is InChI=1S/C14H22N4O/c1-11-5-4-6-12(16-11)9-18(10-14(15)17-19)13-7-2-3-8-13/h4-6,13,19H,2-3,7-10H2,1H3,(H2,15,17). The van der Waals surface area contributed by atoms with Crippen molar-refractivity contribution >= 4 is 5.84 Å². The molecule has 0 radical (unpaired) electrons. The molecule has 1 aromatic heterocycles. The van der Waals surface area contributed by atoms with Crippen LogP contribution in [0.15, 0.2) is 23.4 Å². The highest BCUT2D eigenvalue weighted by atomic mass is 16.4. The smallest absolute Gasteiger partial charge is 0.153 e. The number of aromatic nitrogens is 1. The van der Waals surface area contributed by atoms with Gasteiger partial charge in [-0.2, -0.15) is 0 Å². The van der Waals surface area contributed by atoms with Crippen molar-refractivity contribution in [3.05, 3.63) is 29.6 Å². The molecule has 19 heavy (non-hydrogen) atoms. The van der Waals surface area contributed by atoms with E-state index in [9.17, 15) is 0 Å². The Morgan fingerprint density at radius 3 is 2.84 bits per heavy atom. The van der Waals surface area contributed by atoms with Gasteiger partial charge in [-0.05, 0) is 31.9 Å². The number of nitrogens with two attached hydrogens (primary N) is 1. The van der Waals surface area contributed by atoms with Crippen molar-refractivity contribution in [2.45, 2.75) is 45.2 Å². The summed E-state index contributed by atoms with van der Waals surface area (Å²) in [6, 6.07) is 6.56. The van der Waals surface area contributed by atoms with E-state index in [2.05, 4.69) is 15.0 Å². The van der Waals surface area contributed by atoms with E-state index in [0.717, 1.165) is 17.9 Å². The van der Waals surface area contributed by atoms with Crippen molar-refractivity contribution in [1.82, 2.24) is 9.88 Å². The number of amidine groups is 1. The van der Waals surface area contributed by atoms with Gasteiger partial charge >= 0.3 is 0 Å². The summed E-state index contributed by atoms with van der Waals surface area (Å²) in [5, 5.41) is 11.8. The Hall–Kier alpha value is -1.62. The molecule has 5 nitrogen and oxygen atoms in total. The minimum absolute atomic E-state index is 0.263. The van der Waals surface area contributed by atoms with Crippen LogP contribution in [-0.4, -0.2) is 33.5 Å². The second-order valence-corrected chi connectivity index (χ2v) is 5.20. The largest absolute Gasteiger partial charge is 0.409 e. The van der Waals surface area contributed by atoms with Crippen LogP contribution < -0.4 is 5.73 Å². The van der Waals surface area contributed by atoms with Gasteiger partial charge in [0, 0.05) is 18.3 Å². The number of pyridine rings is 1. The van der Waals surface area contributed by atoms with Gasteiger partial charge in [0.2, 0.25) is 0 Å². The van der Waals surface area contributed by atoms with Crippen LogP contribution in [0.4, 0.5) is 0 Å². The number of oxime groups is 1. The number of rotatable bonds is 5. The van der Waals surface area contributed by atoms with Gasteiger partial charge < -0.3 is 10.9 Å². The van der Waals surface area contributed by atoms with Crippen LogP contribution in [-0.2, 0) is 6.54 Å². The molecule has 1 fully saturated rings. The maximum atomic E-state index is 8.76. The van der Waals surface area contributed by atoms with E-state index >= 15 is 0 Å². The Bertz CT molecular complexity index is 441. The Labute approximate surface area is 114 Å². The van der Waals surface area contributed by atoms with E-state index in [1.165, 1.54) is 25.7 Å². The van der Waals surface area contributed by atoms with Crippen molar-refractivity contribution in [3.8, 4) is 0 Å². The third-order valence-electron chi connectivity index (χ3n) is 3.65. The molecular weight excluding hydrogens is 240 g/mol. The van der Waals surface area contributed by atoms with Crippen LogP contribution >= 0.6 is 0 Å². The number of hydrogen-bond acceptors (Lipinski definition) is 4. The second kappa shape index (κ2) is 6.52. The van der Waals surface area contributed by atoms with Crippen LogP contribution in [0.3, 0.4) is 0 Å². The zero-order chi connectivity index (χ0) is 13.7. The van der Waals surface area contributed by atoms with Gasteiger partial charge in [-0.25, -0.2) is 0 Å². The van der Waals surface area contributed by atoms with Gasteiger partial charge in [0.1, 0.15) is 0 Å². The zero-order valence-electron chi connectivity index (χ0n) is 11.4. The molecule has 0 aliphatic heterocycles. The van der Waals surface area contributed by atoms with Crippen molar-refractivity contribution in [2.24, 2.45) is 10.9 Å². The van der Waals surface area contributed by atoms with Gasteiger partial charge in [0.15, 0.2) is 5.84 Å². The van der Waals surface area contributed by atoms with Crippen molar-refractivity contribution in [3.63, 3.8) is 0 Å². The molecule has 1 aromatic rings. The quantitative estimate of drug-likeness (QED) is 0.368. The zero-order valence-corrected chi connectivity index (χ0v) is 11.4. The van der Waals surface area contributed by atoms with E-state index in [0.29, 0.717) is 12.6 Å². The first-order valence-corrected chi connectivity index (χ1v) is 6.82. The van der Waals surface area contributed by atoms with E-state index in [-0.39, 0.29) is 5.84 Å². The van der Waals surface area contributed by atoms with E-state index in [4.69, 9.17) is 10.9 Å². The average Bonchev–Trinajstić information content (AvgIpc) is 2.91. The first kappa shape index (κ1) is 13.8. The highest BCUT2D eigenvalue weighted by Crippen LogP contribution is 2.24. The van der Waals surface area contributed by atoms with Gasteiger partial charge in [0.05, 0.1) is 12.2 Å². The molecule has 1 aliphatic rings. The summed E-state index contributed by atoms with van der Waals surface area (Å²) >= 11 is 0. The predicted octanol–water partition coefficient (Wildman–Crippen LogP) is 1.88. The van der Waals surface area contributed by atoms with Crippen LogP contribution in [0.2, 0.25) is 0 Å². The molecule has 3 N–H and O–H groups in total. The van der Waals surface area contributed by atoms with Gasteiger partial charge in [-0.15, -0.1) is 0 Å². The normalized spacial score (nSPS) is 17.3. The van der Waals surface area contributed by atoms with Crippen LogP contribution in [0.1, 0.15) is 37.1 Å². The second-order valence-electron chi connectivity index (χ2n) is 5.20. The summed E-state index contributed by atoms with van der Waals surface area (Å²) in [4.78, 5) is 6.80. The topological polar surface area (TPSA) is 74.7 Å². The van der Waals surface area contributed by atoms with Crippen molar-refractivity contribution in [1.29, 1.82) is 0 Å². The first-order chi connectivity index (χ1) is 9.19. The fourth-order valence-corrected chi connectivity index (χ4v) is 2.72. The van der Waals surface area contributed by atoms with E-state index in [1.54, 1.807) is 0 Å². The summed E-state index contributed by atoms with van der Waals surface area (Å²) in [6.45, 7) is 3.24. The lowest BCUT2D eigenvalue weighted by molar-refractivity contribution is 0.211. The lowest BCUT2D eigenvalue weighted by Crippen LogP contribution is -2.39. The highest BCUT2D eigenvalue weighted by Gasteiger charge is 2.23. The molecule has 0 aromatic carbocycles. The fraction of sp³-hybridized carbons (Fsp3) is 0.571. The number of hydrogen-bond donors (Lipinski definition) is 2. The Kier molecular flexibility index (Phi) is 4.74. The van der Waals surface area contributed by atoms with Crippen LogP contribution in [0, 0.1) is 6.92 Å². The molecular formula is C14H22N4O. The Balaban J connectivity index is 2.08. The lowest BCUT2D eigenvalue weighted by Gasteiger charge is -2.27. The SMILES string of the molecule is Cc1cccc(CN(CC(N)=NO)C2CCCC2)n1. The maximum absolute atomic E-state index is 8.76. The summed E-state index contributed by atoms with van der Waals surface area (Å²) in [7, 11) is 0. The molecule has 0 amide bonds. The minimum Gasteiger partial charge on any atom is -0.409 e. The van der Waals surface area contributed by atoms with Crippen molar-refractivity contribution < 1.29 is 5.21 Å². The lowest BCUT2D eigenvalue weighted by atomic mass is 10.2. The summed E-state index contributed by atoms with van der Waals surface area (Å²) in [5.74, 6) is 0.263. The molecule has 0 atom stereocenters. The molecule has 5 heteroatoms. The maximum Gasteiger partial charge on any atom is 0.153 e. The van der Waals surface area contributed by atoms with Crippen LogP contribution in [0.5, 0.6) is 0 Å². The number of aryl methyl sites for hydroxylation is 1. The third-order valence-corrected chi connectivity index (χ3v) is 3.65. The Morgan fingerprint density at radius 1 is 1.47 bits per heavy atom. The van der Waals surface area contributed by atoms with E-state index in [1.807, 2.05) is 25.1 Å². The molecule has 1 aliphatic carbocycles. The summed E-state index contributed by atoms with van der Waals surface area (Å²) < 4.78 is 0. The molecule has 104 valence electrons. The monoisotopic (exact) mass is 262 g/mol. The van der Waals surface area contributed by atoms with Gasteiger partial charge in [0.25, 0.3) is 0 Å². The van der Waals surface area contributed by atoms with Crippen molar-refractivity contribution in [2.75, 3.05) is 6.54 Å². The first-order valence-electron chi connectivity index (χ1n) is 6.82. The highest BCUT2D eigenvalue weighted by molar-refractivity contribution is 5.81. The fourth-order valence-electron chi connectivity index (χ4n) is 2.72. The molecule has 0 bridgehead atoms. The predicted molar refractivity (Wildman–Crippen MR) is 75.0 cm³/mol. The summed E-state index contributed by atoms with van der Waals surface area (Å²) in [6.07, 6.45) is 4.90. The third kappa shape index (κ3) is 3.92. The number of nitrogens with zero attached hydrogens (tertiary/aromatic N) is 3. The Morgan fingerprint density at radius 2 is 2.21 bits per heavy atom. The van der Waals surface area contributed by atoms with Gasteiger partial charge in [-0.3, -0.25) is 9.88 Å². The molecule has 1 heterocycles. The molecule has 0 spiro atoms. The molecule has 2 rings (SSSR count). The summed E-state index contributed by atoms with van der Waals surface area (Å²) in [5.41, 5.74) is 7.72. The molecule has 0 unspecified atom stereocenters. The van der Waals surface area contributed by atoms with Gasteiger partial charge in [-0.1, -0.05) is 24.1 Å². The minimum atomic E-state index is 0.263. The average molecular weight is 262 g/mol. The molecule has 1 saturated carbocycles. The van der Waals surface area contributed by atoms with Crippen LogP contribution in [0.25, 0.3) is 0 Å². The van der Waals surface area contributed by atoms with E-state index < -0.39 is 0 Å².